The van der Waals surface area contributed by atoms with Gasteiger partial charge in [-0.1, -0.05) is 0 Å². The lowest BCUT2D eigenvalue weighted by Gasteiger charge is -2.29. The van der Waals surface area contributed by atoms with Crippen LogP contribution >= 0.6 is 0 Å². The van der Waals surface area contributed by atoms with Crippen LogP contribution in [0.2, 0.25) is 0 Å². The number of cyclic esters (lactones) is 1. The first-order valence-corrected chi connectivity index (χ1v) is 12.8. The van der Waals surface area contributed by atoms with Gasteiger partial charge >= 0.3 is 12.3 Å². The Bertz CT molecular complexity index is 1430. The Balaban J connectivity index is 1.48. The molecule has 2 aliphatic heterocycles. The molecule has 5 rings (SSSR count). The number of ether oxygens (including phenoxy) is 4. The minimum atomic E-state index is -4.73. The summed E-state index contributed by atoms with van der Waals surface area (Å²) < 4.78 is 63.5. The number of halogens is 3. The molecule has 1 aromatic heterocycles. The van der Waals surface area contributed by atoms with Gasteiger partial charge in [-0.05, 0) is 29.8 Å². The number of morpholine rings is 1. The minimum absolute atomic E-state index is 0.124. The summed E-state index contributed by atoms with van der Waals surface area (Å²) in [7, 11) is 4.47. The summed E-state index contributed by atoms with van der Waals surface area (Å²) in [5.74, 6) is 0.144. The second-order valence-corrected chi connectivity index (χ2v) is 9.29. The summed E-state index contributed by atoms with van der Waals surface area (Å²) in [6.45, 7) is 2.77. The fourth-order valence-electron chi connectivity index (χ4n) is 4.63. The highest BCUT2D eigenvalue weighted by Gasteiger charge is 2.36. The number of nitrogens with one attached hydrogen (secondary N) is 2. The van der Waals surface area contributed by atoms with E-state index in [0.29, 0.717) is 67.5 Å². The van der Waals surface area contributed by atoms with E-state index in [1.165, 1.54) is 19.1 Å². The molecule has 3 heterocycles. The Kier molecular flexibility index (Phi) is 7.92. The molecular formula is C27H29F3N6O5. The predicted octanol–water partition coefficient (Wildman–Crippen LogP) is 4.97. The third-order valence-electron chi connectivity index (χ3n) is 6.79. The number of carbonyl (C=O) groups is 1. The van der Waals surface area contributed by atoms with Gasteiger partial charge in [0, 0.05) is 44.5 Å². The molecule has 0 bridgehead atoms. The van der Waals surface area contributed by atoms with Crippen LogP contribution in [0, 0.1) is 0 Å². The van der Waals surface area contributed by atoms with Gasteiger partial charge in [-0.3, -0.25) is 4.90 Å². The third kappa shape index (κ3) is 6.01. The summed E-state index contributed by atoms with van der Waals surface area (Å²) in [5, 5.41) is 5.71. The molecule has 14 heteroatoms. The van der Waals surface area contributed by atoms with Crippen molar-refractivity contribution in [2.75, 3.05) is 74.6 Å². The Labute approximate surface area is 234 Å². The first-order chi connectivity index (χ1) is 19.7. The molecular weight excluding hydrogens is 545 g/mol. The molecule has 0 atom stereocenters. The Morgan fingerprint density at radius 2 is 1.71 bits per heavy atom. The quantitative estimate of drug-likeness (QED) is 0.402. The number of methoxy groups -OCH3 is 2. The number of amides is 1. The summed E-state index contributed by atoms with van der Waals surface area (Å²) >= 11 is 0. The number of nitrogens with zero attached hydrogens (tertiary/aromatic N) is 4. The van der Waals surface area contributed by atoms with E-state index in [1.807, 2.05) is 0 Å². The number of carbonyl (C=O) groups excluding carboxylic acids is 1. The molecule has 41 heavy (non-hydrogen) atoms. The summed E-state index contributed by atoms with van der Waals surface area (Å²) in [6, 6.07) is 8.57. The molecule has 0 spiro atoms. The average molecular weight is 575 g/mol. The first kappa shape index (κ1) is 28.1. The molecule has 1 saturated heterocycles. The molecule has 2 aliphatic rings. The van der Waals surface area contributed by atoms with Gasteiger partial charge in [0.2, 0.25) is 5.95 Å². The summed E-state index contributed by atoms with van der Waals surface area (Å²) in [5.41, 5.74) is 1.82. The van der Waals surface area contributed by atoms with Crippen molar-refractivity contribution in [1.82, 2.24) is 9.97 Å². The highest BCUT2D eigenvalue weighted by atomic mass is 19.4. The van der Waals surface area contributed by atoms with Gasteiger partial charge in [0.05, 0.1) is 51.1 Å². The van der Waals surface area contributed by atoms with E-state index in [-0.39, 0.29) is 12.6 Å². The molecule has 0 radical (unpaired) electrons. The standard InChI is InChI=1S/C27H29F3N6O5/c1-35-21-14-20(22(38-2)12-16(21)6-9-41-26(35)37)33-25-31-15-18(27(28,29)30)24(34-25)32-19-5-4-17(13-23(19)39-3)36-7-10-40-11-8-36/h4-5,12-15H,6-11H2,1-3H3,(H2,31,32,33,34). The SMILES string of the molecule is COc1cc2c(cc1Nc1ncc(C(F)(F)F)c(Nc3ccc(N4CCOCC4)cc3OC)n1)N(C)C(=O)OCC2. The number of hydrogen-bond donors (Lipinski definition) is 2. The van der Waals surface area contributed by atoms with Gasteiger partial charge in [-0.15, -0.1) is 0 Å². The van der Waals surface area contributed by atoms with Crippen LogP contribution in [0.25, 0.3) is 0 Å². The molecule has 2 aromatic carbocycles. The lowest BCUT2D eigenvalue weighted by Crippen LogP contribution is -2.36. The van der Waals surface area contributed by atoms with Crippen LogP contribution in [0.1, 0.15) is 11.1 Å². The smallest absolute Gasteiger partial charge is 0.421 e. The molecule has 2 N–H and O–H groups in total. The van der Waals surface area contributed by atoms with Crippen LogP contribution in [0.15, 0.2) is 36.5 Å². The Morgan fingerprint density at radius 1 is 0.976 bits per heavy atom. The second-order valence-electron chi connectivity index (χ2n) is 9.29. The van der Waals surface area contributed by atoms with Crippen molar-refractivity contribution < 1.29 is 36.9 Å². The van der Waals surface area contributed by atoms with E-state index in [2.05, 4.69) is 25.5 Å². The summed E-state index contributed by atoms with van der Waals surface area (Å²) in [6.07, 6.45) is -4.08. The minimum Gasteiger partial charge on any atom is -0.495 e. The van der Waals surface area contributed by atoms with E-state index in [9.17, 15) is 18.0 Å². The zero-order valence-corrected chi connectivity index (χ0v) is 22.7. The van der Waals surface area contributed by atoms with E-state index in [1.54, 1.807) is 37.4 Å². The van der Waals surface area contributed by atoms with Crippen molar-refractivity contribution in [3.8, 4) is 11.5 Å². The van der Waals surface area contributed by atoms with Gasteiger partial charge in [0.1, 0.15) is 22.9 Å². The van der Waals surface area contributed by atoms with E-state index in [4.69, 9.17) is 18.9 Å². The summed E-state index contributed by atoms with van der Waals surface area (Å²) in [4.78, 5) is 23.7. The normalized spacial score (nSPS) is 15.5. The molecule has 3 aromatic rings. The van der Waals surface area contributed by atoms with Gasteiger partial charge in [-0.25, -0.2) is 9.78 Å². The predicted molar refractivity (Wildman–Crippen MR) is 146 cm³/mol. The van der Waals surface area contributed by atoms with Gasteiger partial charge in [0.25, 0.3) is 0 Å². The number of benzene rings is 2. The number of anilines is 6. The molecule has 0 unspecified atom stereocenters. The molecule has 0 saturated carbocycles. The lowest BCUT2D eigenvalue weighted by molar-refractivity contribution is -0.137. The molecule has 0 aliphatic carbocycles. The third-order valence-corrected chi connectivity index (χ3v) is 6.79. The number of rotatable bonds is 7. The Morgan fingerprint density at radius 3 is 2.41 bits per heavy atom. The molecule has 218 valence electrons. The number of aromatic nitrogens is 2. The highest BCUT2D eigenvalue weighted by molar-refractivity contribution is 5.90. The molecule has 11 nitrogen and oxygen atoms in total. The van der Waals surface area contributed by atoms with Gasteiger partial charge in [0.15, 0.2) is 0 Å². The van der Waals surface area contributed by atoms with Crippen LogP contribution in [-0.2, 0) is 22.1 Å². The molecule has 1 amide bonds. The van der Waals surface area contributed by atoms with Crippen LogP contribution < -0.4 is 29.9 Å². The van der Waals surface area contributed by atoms with Crippen molar-refractivity contribution in [2.45, 2.75) is 12.6 Å². The molecule has 1 fully saturated rings. The number of fused-ring (bicyclic) bond motifs is 1. The average Bonchev–Trinajstić information content (AvgIpc) is 3.10. The fourth-order valence-corrected chi connectivity index (χ4v) is 4.63. The van der Waals surface area contributed by atoms with Crippen molar-refractivity contribution in [2.24, 2.45) is 0 Å². The van der Waals surface area contributed by atoms with Crippen LogP contribution in [0.3, 0.4) is 0 Å². The topological polar surface area (TPSA) is 110 Å². The maximum absolute atomic E-state index is 14.0. The van der Waals surface area contributed by atoms with Gasteiger partial charge in [-0.2, -0.15) is 18.2 Å². The number of alkyl halides is 3. The van der Waals surface area contributed by atoms with E-state index >= 15 is 0 Å². The number of hydrogen-bond acceptors (Lipinski definition) is 10. The maximum atomic E-state index is 14.0. The second kappa shape index (κ2) is 11.6. The van der Waals surface area contributed by atoms with Crippen molar-refractivity contribution in [3.05, 3.63) is 47.7 Å². The maximum Gasteiger partial charge on any atom is 0.421 e. The zero-order valence-electron chi connectivity index (χ0n) is 22.7. The monoisotopic (exact) mass is 574 g/mol. The fraction of sp³-hybridized carbons (Fsp3) is 0.370. The highest BCUT2D eigenvalue weighted by Crippen LogP contribution is 2.40. The first-order valence-electron chi connectivity index (χ1n) is 12.8. The van der Waals surface area contributed by atoms with Crippen LogP contribution in [-0.4, -0.2) is 70.2 Å². The van der Waals surface area contributed by atoms with Gasteiger partial charge < -0.3 is 34.5 Å². The van der Waals surface area contributed by atoms with E-state index in [0.717, 1.165) is 11.3 Å². The lowest BCUT2D eigenvalue weighted by atomic mass is 10.1. The van der Waals surface area contributed by atoms with Crippen molar-refractivity contribution >= 4 is 40.6 Å². The zero-order chi connectivity index (χ0) is 29.1. The largest absolute Gasteiger partial charge is 0.495 e. The Hall–Kier alpha value is -4.46. The van der Waals surface area contributed by atoms with Crippen LogP contribution in [0.4, 0.5) is 52.5 Å². The van der Waals surface area contributed by atoms with Crippen LogP contribution in [0.5, 0.6) is 11.5 Å². The van der Waals surface area contributed by atoms with Crippen molar-refractivity contribution in [1.29, 1.82) is 0 Å². The van der Waals surface area contributed by atoms with Crippen molar-refractivity contribution in [3.63, 3.8) is 0 Å². The van der Waals surface area contributed by atoms with E-state index < -0.39 is 23.7 Å².